The van der Waals surface area contributed by atoms with Gasteiger partial charge >= 0.3 is 0 Å². The van der Waals surface area contributed by atoms with Crippen molar-refractivity contribution in [1.29, 1.82) is 0 Å². The molecule has 16 heavy (non-hydrogen) atoms. The summed E-state index contributed by atoms with van der Waals surface area (Å²) in [5.74, 6) is -0.315. The Kier molecular flexibility index (Phi) is 3.36. The van der Waals surface area contributed by atoms with Crippen LogP contribution in [-0.2, 0) is 0 Å². The Labute approximate surface area is 100 Å². The molecule has 2 unspecified atom stereocenters. The summed E-state index contributed by atoms with van der Waals surface area (Å²) < 4.78 is 13.9. The lowest BCUT2D eigenvalue weighted by Gasteiger charge is -2.39. The standard InChI is InChI=1S/C12H16ClFN2/c1-8-7-16(9(2)6-15-8)11-5-3-4-10(13)12(11)14/h3-5,8-9,15H,6-7H2,1-2H3. The lowest BCUT2D eigenvalue weighted by Crippen LogP contribution is -2.54. The fraction of sp³-hybridized carbons (Fsp3) is 0.500. The molecule has 0 saturated carbocycles. The quantitative estimate of drug-likeness (QED) is 0.815. The molecule has 1 aliphatic heterocycles. The van der Waals surface area contributed by atoms with E-state index in [1.165, 1.54) is 0 Å². The van der Waals surface area contributed by atoms with Gasteiger partial charge in [-0.3, -0.25) is 0 Å². The monoisotopic (exact) mass is 242 g/mol. The zero-order chi connectivity index (χ0) is 11.7. The first-order valence-electron chi connectivity index (χ1n) is 5.53. The second kappa shape index (κ2) is 4.60. The molecule has 0 aromatic heterocycles. The average molecular weight is 243 g/mol. The van der Waals surface area contributed by atoms with Gasteiger partial charge in [0.2, 0.25) is 0 Å². The van der Waals surface area contributed by atoms with Gasteiger partial charge in [0.1, 0.15) is 0 Å². The molecule has 1 aromatic rings. The number of anilines is 1. The summed E-state index contributed by atoms with van der Waals surface area (Å²) in [5.41, 5.74) is 0.605. The largest absolute Gasteiger partial charge is 0.364 e. The second-order valence-electron chi connectivity index (χ2n) is 4.38. The molecule has 88 valence electrons. The summed E-state index contributed by atoms with van der Waals surface area (Å²) in [7, 11) is 0. The van der Waals surface area contributed by atoms with Crippen molar-refractivity contribution in [3.05, 3.63) is 29.0 Å². The SMILES string of the molecule is CC1CN(c2cccc(Cl)c2F)C(C)CN1. The molecule has 4 heteroatoms. The van der Waals surface area contributed by atoms with Gasteiger partial charge in [-0.15, -0.1) is 0 Å². The molecule has 0 aliphatic carbocycles. The third kappa shape index (κ3) is 2.15. The van der Waals surface area contributed by atoms with Gasteiger partial charge < -0.3 is 10.2 Å². The van der Waals surface area contributed by atoms with Gasteiger partial charge in [-0.2, -0.15) is 0 Å². The topological polar surface area (TPSA) is 15.3 Å². The minimum atomic E-state index is -0.315. The van der Waals surface area contributed by atoms with Crippen LogP contribution in [0.3, 0.4) is 0 Å². The van der Waals surface area contributed by atoms with Crippen molar-refractivity contribution >= 4 is 17.3 Å². The van der Waals surface area contributed by atoms with Gasteiger partial charge in [-0.25, -0.2) is 4.39 Å². The van der Waals surface area contributed by atoms with E-state index in [-0.39, 0.29) is 16.9 Å². The smallest absolute Gasteiger partial charge is 0.165 e. The fourth-order valence-electron chi connectivity index (χ4n) is 2.07. The number of benzene rings is 1. The van der Waals surface area contributed by atoms with Crippen LogP contribution in [0.5, 0.6) is 0 Å². The van der Waals surface area contributed by atoms with Gasteiger partial charge in [-0.05, 0) is 26.0 Å². The fourth-order valence-corrected chi connectivity index (χ4v) is 2.24. The van der Waals surface area contributed by atoms with Crippen LogP contribution in [0.4, 0.5) is 10.1 Å². The predicted octanol–water partition coefficient (Wildman–Crippen LogP) is 2.67. The maximum Gasteiger partial charge on any atom is 0.165 e. The van der Waals surface area contributed by atoms with E-state index in [0.717, 1.165) is 13.1 Å². The number of rotatable bonds is 1. The molecule has 1 saturated heterocycles. The van der Waals surface area contributed by atoms with Crippen LogP contribution in [0.2, 0.25) is 5.02 Å². The van der Waals surface area contributed by atoms with Crippen LogP contribution in [0, 0.1) is 5.82 Å². The molecule has 0 amide bonds. The van der Waals surface area contributed by atoms with Gasteiger partial charge in [0.05, 0.1) is 10.7 Å². The molecule has 1 N–H and O–H groups in total. The van der Waals surface area contributed by atoms with E-state index in [2.05, 4.69) is 24.1 Å². The molecule has 1 aromatic carbocycles. The molecule has 1 fully saturated rings. The van der Waals surface area contributed by atoms with Crippen molar-refractivity contribution in [3.8, 4) is 0 Å². The van der Waals surface area contributed by atoms with Crippen molar-refractivity contribution in [2.45, 2.75) is 25.9 Å². The number of halogens is 2. The van der Waals surface area contributed by atoms with E-state index in [1.54, 1.807) is 18.2 Å². The molecule has 1 aliphatic rings. The number of nitrogens with zero attached hydrogens (tertiary/aromatic N) is 1. The first-order chi connectivity index (χ1) is 7.59. The van der Waals surface area contributed by atoms with Crippen LogP contribution in [0.25, 0.3) is 0 Å². The number of hydrogen-bond donors (Lipinski definition) is 1. The summed E-state index contributed by atoms with van der Waals surface area (Å²) in [5, 5.41) is 3.56. The van der Waals surface area contributed by atoms with E-state index >= 15 is 0 Å². The molecular weight excluding hydrogens is 227 g/mol. The zero-order valence-corrected chi connectivity index (χ0v) is 10.3. The van der Waals surface area contributed by atoms with E-state index < -0.39 is 0 Å². The first kappa shape index (κ1) is 11.7. The third-order valence-electron chi connectivity index (χ3n) is 3.00. The normalized spacial score (nSPS) is 25.9. The Morgan fingerprint density at radius 1 is 1.44 bits per heavy atom. The number of piperazine rings is 1. The summed E-state index contributed by atoms with van der Waals surface area (Å²) in [6.45, 7) is 5.85. The van der Waals surface area contributed by atoms with Crippen molar-refractivity contribution < 1.29 is 4.39 Å². The molecule has 2 rings (SSSR count). The lowest BCUT2D eigenvalue weighted by atomic mass is 10.1. The van der Waals surface area contributed by atoms with Gasteiger partial charge in [0.15, 0.2) is 5.82 Å². The van der Waals surface area contributed by atoms with Gasteiger partial charge in [0, 0.05) is 25.2 Å². The third-order valence-corrected chi connectivity index (χ3v) is 3.30. The minimum Gasteiger partial charge on any atom is -0.364 e. The number of nitrogens with one attached hydrogen (secondary N) is 1. The van der Waals surface area contributed by atoms with Crippen LogP contribution >= 0.6 is 11.6 Å². The molecule has 0 spiro atoms. The highest BCUT2D eigenvalue weighted by Crippen LogP contribution is 2.28. The van der Waals surface area contributed by atoms with Crippen molar-refractivity contribution in [3.63, 3.8) is 0 Å². The predicted molar refractivity (Wildman–Crippen MR) is 65.7 cm³/mol. The zero-order valence-electron chi connectivity index (χ0n) is 9.50. The van der Waals surface area contributed by atoms with Crippen LogP contribution in [0.15, 0.2) is 18.2 Å². The Bertz CT molecular complexity index is 383. The highest BCUT2D eigenvalue weighted by Gasteiger charge is 2.25. The highest BCUT2D eigenvalue weighted by molar-refractivity contribution is 6.31. The van der Waals surface area contributed by atoms with E-state index in [0.29, 0.717) is 11.7 Å². The van der Waals surface area contributed by atoms with Crippen molar-refractivity contribution in [2.24, 2.45) is 0 Å². The maximum absolute atomic E-state index is 13.9. The second-order valence-corrected chi connectivity index (χ2v) is 4.79. The summed E-state index contributed by atoms with van der Waals surface area (Å²) in [6, 6.07) is 5.81. The van der Waals surface area contributed by atoms with Crippen LogP contribution < -0.4 is 10.2 Å². The van der Waals surface area contributed by atoms with E-state index in [4.69, 9.17) is 11.6 Å². The Morgan fingerprint density at radius 3 is 2.94 bits per heavy atom. The van der Waals surface area contributed by atoms with Crippen LogP contribution in [-0.4, -0.2) is 25.2 Å². The summed E-state index contributed by atoms with van der Waals surface area (Å²) in [4.78, 5) is 2.07. The number of hydrogen-bond acceptors (Lipinski definition) is 2. The molecule has 1 heterocycles. The van der Waals surface area contributed by atoms with Crippen LogP contribution in [0.1, 0.15) is 13.8 Å². The molecule has 2 atom stereocenters. The maximum atomic E-state index is 13.9. The van der Waals surface area contributed by atoms with Crippen molar-refractivity contribution in [2.75, 3.05) is 18.0 Å². The summed E-state index contributed by atoms with van der Waals surface area (Å²) >= 11 is 5.80. The van der Waals surface area contributed by atoms with E-state index in [9.17, 15) is 4.39 Å². The lowest BCUT2D eigenvalue weighted by molar-refractivity contribution is 0.420. The average Bonchev–Trinajstić information content (AvgIpc) is 2.26. The minimum absolute atomic E-state index is 0.191. The molecule has 0 radical (unpaired) electrons. The van der Waals surface area contributed by atoms with E-state index in [1.807, 2.05) is 0 Å². The molecule has 0 bridgehead atoms. The molecule has 2 nitrogen and oxygen atoms in total. The Morgan fingerprint density at radius 2 is 2.19 bits per heavy atom. The first-order valence-corrected chi connectivity index (χ1v) is 5.91. The highest BCUT2D eigenvalue weighted by atomic mass is 35.5. The van der Waals surface area contributed by atoms with Gasteiger partial charge in [-0.1, -0.05) is 17.7 Å². The van der Waals surface area contributed by atoms with Crippen molar-refractivity contribution in [1.82, 2.24) is 5.32 Å². The Balaban J connectivity index is 2.31. The Hall–Kier alpha value is -0.800. The summed E-state index contributed by atoms with van der Waals surface area (Å²) in [6.07, 6.45) is 0. The van der Waals surface area contributed by atoms with Gasteiger partial charge in [0.25, 0.3) is 0 Å². The molecular formula is C12H16ClFN2.